The Bertz CT molecular complexity index is 1190. The van der Waals surface area contributed by atoms with Gasteiger partial charge in [0.25, 0.3) is 0 Å². The fourth-order valence-electron chi connectivity index (χ4n) is 3.07. The Hall–Kier alpha value is -3.44. The Morgan fingerprint density at radius 1 is 1.09 bits per heavy atom. The van der Waals surface area contributed by atoms with E-state index in [1.807, 2.05) is 36.2 Å². The molecule has 2 aromatic carbocycles. The Labute approximate surface area is 193 Å². The predicted molar refractivity (Wildman–Crippen MR) is 127 cm³/mol. The number of nitrogen functional groups attached to an aromatic ring is 1. The zero-order chi connectivity index (χ0) is 23.8. The third-order valence-electron chi connectivity index (χ3n) is 4.65. The number of methoxy groups -OCH3 is 1. The molecule has 3 aromatic rings. The van der Waals surface area contributed by atoms with Crippen molar-refractivity contribution in [2.75, 3.05) is 44.6 Å². The molecule has 0 spiro atoms. The van der Waals surface area contributed by atoms with Crippen LogP contribution in [0.3, 0.4) is 0 Å². The van der Waals surface area contributed by atoms with E-state index in [2.05, 4.69) is 20.3 Å². The van der Waals surface area contributed by atoms with Crippen LogP contribution in [0.4, 0.5) is 17.6 Å². The van der Waals surface area contributed by atoms with E-state index < -0.39 is 9.84 Å². The van der Waals surface area contributed by atoms with Crippen molar-refractivity contribution in [3.05, 3.63) is 54.4 Å². The molecular formula is C22H28N6O4S. The lowest BCUT2D eigenvalue weighted by atomic mass is 10.3. The SMILES string of the molecule is COc1ccccc1Nc1nc(N)nc(CN(C)CCCOc2cccc(S(C)(=O)=O)c2)n1. The third kappa shape index (κ3) is 7.29. The van der Waals surface area contributed by atoms with Gasteiger partial charge < -0.3 is 20.5 Å². The van der Waals surface area contributed by atoms with Crippen molar-refractivity contribution in [3.8, 4) is 11.5 Å². The van der Waals surface area contributed by atoms with E-state index in [1.54, 1.807) is 25.3 Å². The second-order valence-electron chi connectivity index (χ2n) is 7.45. The number of para-hydroxylation sites is 2. The number of nitrogens with two attached hydrogens (primary N) is 1. The van der Waals surface area contributed by atoms with E-state index >= 15 is 0 Å². The number of ether oxygens (including phenoxy) is 2. The van der Waals surface area contributed by atoms with Crippen molar-refractivity contribution in [3.63, 3.8) is 0 Å². The van der Waals surface area contributed by atoms with Gasteiger partial charge in [-0.25, -0.2) is 8.42 Å². The molecule has 0 bridgehead atoms. The summed E-state index contributed by atoms with van der Waals surface area (Å²) in [6.07, 6.45) is 1.90. The van der Waals surface area contributed by atoms with Crippen LogP contribution in [-0.2, 0) is 16.4 Å². The zero-order valence-corrected chi connectivity index (χ0v) is 19.7. The lowest BCUT2D eigenvalue weighted by molar-refractivity contribution is 0.255. The molecule has 1 aromatic heterocycles. The quantitative estimate of drug-likeness (QED) is 0.401. The molecule has 1 heterocycles. The Balaban J connectivity index is 1.53. The van der Waals surface area contributed by atoms with Crippen LogP contribution in [0.5, 0.6) is 11.5 Å². The van der Waals surface area contributed by atoms with E-state index in [0.717, 1.165) is 12.1 Å². The molecule has 0 amide bonds. The van der Waals surface area contributed by atoms with Crippen LogP contribution in [0, 0.1) is 0 Å². The normalized spacial score (nSPS) is 11.4. The molecular weight excluding hydrogens is 444 g/mol. The molecule has 0 radical (unpaired) electrons. The highest BCUT2D eigenvalue weighted by Gasteiger charge is 2.11. The highest BCUT2D eigenvalue weighted by Crippen LogP contribution is 2.25. The minimum absolute atomic E-state index is 0.125. The van der Waals surface area contributed by atoms with Crippen LogP contribution >= 0.6 is 0 Å². The van der Waals surface area contributed by atoms with Crippen molar-refractivity contribution in [2.24, 2.45) is 0 Å². The number of sulfone groups is 1. The van der Waals surface area contributed by atoms with Gasteiger partial charge in [-0.3, -0.25) is 4.90 Å². The lowest BCUT2D eigenvalue weighted by Gasteiger charge is -2.17. The summed E-state index contributed by atoms with van der Waals surface area (Å²) in [5.74, 6) is 2.18. The summed E-state index contributed by atoms with van der Waals surface area (Å²) in [6, 6.07) is 13.9. The van der Waals surface area contributed by atoms with Gasteiger partial charge in [-0.2, -0.15) is 15.0 Å². The highest BCUT2D eigenvalue weighted by atomic mass is 32.2. The monoisotopic (exact) mass is 472 g/mol. The molecule has 3 N–H and O–H groups in total. The summed E-state index contributed by atoms with van der Waals surface area (Å²) in [4.78, 5) is 15.1. The smallest absolute Gasteiger partial charge is 0.232 e. The minimum Gasteiger partial charge on any atom is -0.495 e. The maximum atomic E-state index is 11.7. The van der Waals surface area contributed by atoms with Gasteiger partial charge in [-0.1, -0.05) is 18.2 Å². The molecule has 0 atom stereocenters. The summed E-state index contributed by atoms with van der Waals surface area (Å²) in [6.45, 7) is 1.63. The molecule has 176 valence electrons. The average molecular weight is 473 g/mol. The molecule has 0 unspecified atom stereocenters. The molecule has 0 fully saturated rings. The number of nitrogens with one attached hydrogen (secondary N) is 1. The summed E-state index contributed by atoms with van der Waals surface area (Å²) in [7, 11) is 0.269. The third-order valence-corrected chi connectivity index (χ3v) is 5.76. The van der Waals surface area contributed by atoms with E-state index in [9.17, 15) is 8.42 Å². The molecule has 0 saturated heterocycles. The first kappa shape index (κ1) is 24.2. The summed E-state index contributed by atoms with van der Waals surface area (Å²) < 4.78 is 34.4. The summed E-state index contributed by atoms with van der Waals surface area (Å²) in [5, 5.41) is 3.11. The van der Waals surface area contributed by atoms with Gasteiger partial charge in [0.2, 0.25) is 11.9 Å². The second-order valence-corrected chi connectivity index (χ2v) is 9.46. The fourth-order valence-corrected chi connectivity index (χ4v) is 3.73. The van der Waals surface area contributed by atoms with E-state index in [4.69, 9.17) is 15.2 Å². The fraction of sp³-hybridized carbons (Fsp3) is 0.318. The van der Waals surface area contributed by atoms with Crippen LogP contribution in [0.2, 0.25) is 0 Å². The average Bonchev–Trinajstić information content (AvgIpc) is 2.76. The van der Waals surface area contributed by atoms with Crippen LogP contribution in [-0.4, -0.2) is 61.8 Å². The van der Waals surface area contributed by atoms with Crippen LogP contribution in [0.1, 0.15) is 12.2 Å². The summed E-state index contributed by atoms with van der Waals surface area (Å²) >= 11 is 0. The van der Waals surface area contributed by atoms with Gasteiger partial charge in [0, 0.05) is 12.8 Å². The Kier molecular flexibility index (Phi) is 8.01. The van der Waals surface area contributed by atoms with E-state index in [-0.39, 0.29) is 10.8 Å². The standard InChI is InChI=1S/C22H28N6O4S/c1-28(12-7-13-32-16-8-6-9-17(14-16)33(3,29)30)15-20-25-21(23)27-22(26-20)24-18-10-4-5-11-19(18)31-2/h4-6,8-11,14H,7,12-13,15H2,1-3H3,(H3,23,24,25,26,27). The molecule has 11 heteroatoms. The number of hydrogen-bond donors (Lipinski definition) is 2. The first-order chi connectivity index (χ1) is 15.7. The largest absolute Gasteiger partial charge is 0.495 e. The molecule has 0 aliphatic heterocycles. The molecule has 0 aliphatic rings. The summed E-state index contributed by atoms with van der Waals surface area (Å²) in [5.41, 5.74) is 6.60. The first-order valence-electron chi connectivity index (χ1n) is 10.3. The van der Waals surface area contributed by atoms with Gasteiger partial charge in [-0.05, 0) is 43.8 Å². The topological polar surface area (TPSA) is 133 Å². The molecule has 10 nitrogen and oxygen atoms in total. The van der Waals surface area contributed by atoms with Gasteiger partial charge in [-0.15, -0.1) is 0 Å². The highest BCUT2D eigenvalue weighted by molar-refractivity contribution is 7.90. The molecule has 0 aliphatic carbocycles. The van der Waals surface area contributed by atoms with Crippen LogP contribution < -0.4 is 20.5 Å². The molecule has 0 saturated carbocycles. The maximum Gasteiger partial charge on any atom is 0.232 e. The van der Waals surface area contributed by atoms with Crippen LogP contribution in [0.25, 0.3) is 0 Å². The van der Waals surface area contributed by atoms with Crippen molar-refractivity contribution in [1.29, 1.82) is 0 Å². The second kappa shape index (κ2) is 10.9. The minimum atomic E-state index is -3.26. The molecule has 3 rings (SSSR count). The first-order valence-corrected chi connectivity index (χ1v) is 12.2. The Morgan fingerprint density at radius 3 is 2.64 bits per heavy atom. The number of rotatable bonds is 11. The van der Waals surface area contributed by atoms with Crippen molar-refractivity contribution < 1.29 is 17.9 Å². The van der Waals surface area contributed by atoms with Gasteiger partial charge >= 0.3 is 0 Å². The predicted octanol–water partition coefficient (Wildman–Crippen LogP) is 2.51. The van der Waals surface area contributed by atoms with E-state index in [0.29, 0.717) is 43.0 Å². The van der Waals surface area contributed by atoms with Gasteiger partial charge in [0.05, 0.1) is 30.8 Å². The maximum absolute atomic E-state index is 11.7. The van der Waals surface area contributed by atoms with Gasteiger partial charge in [0.15, 0.2) is 9.84 Å². The van der Waals surface area contributed by atoms with Crippen molar-refractivity contribution in [2.45, 2.75) is 17.9 Å². The van der Waals surface area contributed by atoms with Crippen LogP contribution in [0.15, 0.2) is 53.4 Å². The molecule has 33 heavy (non-hydrogen) atoms. The van der Waals surface area contributed by atoms with Gasteiger partial charge in [0.1, 0.15) is 17.3 Å². The Morgan fingerprint density at radius 2 is 1.88 bits per heavy atom. The number of nitrogens with zero attached hydrogens (tertiary/aromatic N) is 4. The van der Waals surface area contributed by atoms with Crippen molar-refractivity contribution >= 4 is 27.4 Å². The lowest BCUT2D eigenvalue weighted by Crippen LogP contribution is -2.23. The number of hydrogen-bond acceptors (Lipinski definition) is 10. The van der Waals surface area contributed by atoms with E-state index in [1.165, 1.54) is 12.3 Å². The number of anilines is 3. The number of aromatic nitrogens is 3. The zero-order valence-electron chi connectivity index (χ0n) is 18.9. The number of benzene rings is 2. The van der Waals surface area contributed by atoms with Crippen molar-refractivity contribution in [1.82, 2.24) is 19.9 Å².